The van der Waals surface area contributed by atoms with Crippen LogP contribution in [0.5, 0.6) is 0 Å². The van der Waals surface area contributed by atoms with Crippen molar-refractivity contribution in [2.45, 2.75) is 6.42 Å². The number of amides is 1. The maximum atomic E-state index is 11.2. The second-order valence-electron chi connectivity index (χ2n) is 3.43. The molecule has 1 unspecified atom stereocenters. The van der Waals surface area contributed by atoms with E-state index in [0.717, 1.165) is 19.1 Å². The fraction of sp³-hybridized carbons (Fsp3) is 0.875. The Balaban J connectivity index is 1.81. The van der Waals surface area contributed by atoms with Crippen LogP contribution in [0.4, 0.5) is 0 Å². The summed E-state index contributed by atoms with van der Waals surface area (Å²) in [4.78, 5) is 13.2. The molecule has 0 aromatic heterocycles. The first kappa shape index (κ1) is 8.38. The van der Waals surface area contributed by atoms with Crippen LogP contribution in [0.1, 0.15) is 6.42 Å². The minimum absolute atomic E-state index is 0.270. The van der Waals surface area contributed by atoms with Crippen molar-refractivity contribution >= 4 is 17.7 Å². The maximum Gasteiger partial charge on any atom is 0.237 e. The van der Waals surface area contributed by atoms with Crippen molar-refractivity contribution in [1.29, 1.82) is 0 Å². The van der Waals surface area contributed by atoms with Crippen molar-refractivity contribution in [2.75, 3.05) is 31.3 Å². The average Bonchev–Trinajstić information content (AvgIpc) is 2.65. The Morgan fingerprint density at radius 1 is 1.67 bits per heavy atom. The number of thioether (sulfide) groups is 1. The quantitative estimate of drug-likeness (QED) is 0.665. The Morgan fingerprint density at radius 2 is 2.58 bits per heavy atom. The number of carbonyl (C=O) groups is 1. The highest BCUT2D eigenvalue weighted by Crippen LogP contribution is 2.24. The lowest BCUT2D eigenvalue weighted by atomic mass is 10.1. The fourth-order valence-corrected chi connectivity index (χ4v) is 2.98. The van der Waals surface area contributed by atoms with E-state index in [0.29, 0.717) is 6.54 Å². The molecule has 12 heavy (non-hydrogen) atoms. The Morgan fingerprint density at radius 3 is 3.17 bits per heavy atom. The van der Waals surface area contributed by atoms with Gasteiger partial charge in [-0.25, -0.2) is 0 Å². The van der Waals surface area contributed by atoms with Crippen molar-refractivity contribution < 1.29 is 4.79 Å². The average molecular weight is 186 g/mol. The molecule has 2 saturated heterocycles. The highest BCUT2D eigenvalue weighted by atomic mass is 32.2. The zero-order chi connectivity index (χ0) is 8.39. The predicted octanol–water partition coefficient (Wildman–Crippen LogP) is 0.129. The topological polar surface area (TPSA) is 32.3 Å². The van der Waals surface area contributed by atoms with Gasteiger partial charge in [-0.1, -0.05) is 0 Å². The molecule has 4 heteroatoms. The largest absolute Gasteiger partial charge is 0.329 e. The summed E-state index contributed by atoms with van der Waals surface area (Å²) in [5.41, 5.74) is 0. The molecule has 0 radical (unpaired) electrons. The summed E-state index contributed by atoms with van der Waals surface area (Å²) in [5, 5.41) is 3.07. The first-order chi connectivity index (χ1) is 5.86. The number of nitrogens with one attached hydrogen (secondary N) is 1. The van der Waals surface area contributed by atoms with E-state index in [2.05, 4.69) is 5.32 Å². The van der Waals surface area contributed by atoms with Crippen LogP contribution < -0.4 is 5.32 Å². The zero-order valence-electron chi connectivity index (χ0n) is 7.08. The molecule has 2 aliphatic rings. The molecular formula is C8H14N2OS. The van der Waals surface area contributed by atoms with E-state index in [9.17, 15) is 4.79 Å². The third kappa shape index (κ3) is 1.75. The first-order valence-corrected chi connectivity index (χ1v) is 5.58. The van der Waals surface area contributed by atoms with E-state index in [1.165, 1.54) is 17.9 Å². The summed E-state index contributed by atoms with van der Waals surface area (Å²) >= 11 is 2.01. The lowest BCUT2D eigenvalue weighted by Gasteiger charge is -2.18. The Labute approximate surface area is 76.9 Å². The monoisotopic (exact) mass is 186 g/mol. The summed E-state index contributed by atoms with van der Waals surface area (Å²) in [6.45, 7) is 2.28. The van der Waals surface area contributed by atoms with Crippen LogP contribution in [0, 0.1) is 5.92 Å². The van der Waals surface area contributed by atoms with E-state index >= 15 is 0 Å². The maximum absolute atomic E-state index is 11.2. The smallest absolute Gasteiger partial charge is 0.237 e. The number of carbonyl (C=O) groups excluding carboxylic acids is 1. The Bertz CT molecular complexity index is 180. The van der Waals surface area contributed by atoms with E-state index in [-0.39, 0.29) is 5.91 Å². The van der Waals surface area contributed by atoms with Crippen LogP contribution in [0.2, 0.25) is 0 Å². The van der Waals surface area contributed by atoms with Gasteiger partial charge in [-0.2, -0.15) is 11.8 Å². The van der Waals surface area contributed by atoms with Crippen LogP contribution in [0.15, 0.2) is 0 Å². The zero-order valence-corrected chi connectivity index (χ0v) is 7.90. The van der Waals surface area contributed by atoms with Gasteiger partial charge in [0.2, 0.25) is 5.91 Å². The van der Waals surface area contributed by atoms with E-state index < -0.39 is 0 Å². The lowest BCUT2D eigenvalue weighted by molar-refractivity contribution is -0.127. The normalized spacial score (nSPS) is 30.2. The predicted molar refractivity (Wildman–Crippen MR) is 50.0 cm³/mol. The van der Waals surface area contributed by atoms with Crippen molar-refractivity contribution in [3.8, 4) is 0 Å². The third-order valence-electron chi connectivity index (χ3n) is 2.43. The van der Waals surface area contributed by atoms with Crippen LogP contribution in [-0.2, 0) is 4.79 Å². The number of rotatable bonds is 2. The first-order valence-electron chi connectivity index (χ1n) is 4.42. The SMILES string of the molecule is O=C1CNCN1CC1CCSC1. The molecule has 0 aliphatic carbocycles. The lowest BCUT2D eigenvalue weighted by Crippen LogP contribution is -2.31. The molecule has 2 fully saturated rings. The van der Waals surface area contributed by atoms with Crippen molar-refractivity contribution in [2.24, 2.45) is 5.92 Å². The molecular weight excluding hydrogens is 172 g/mol. The van der Waals surface area contributed by atoms with Crippen molar-refractivity contribution in [1.82, 2.24) is 10.2 Å². The van der Waals surface area contributed by atoms with E-state index in [4.69, 9.17) is 0 Å². The minimum Gasteiger partial charge on any atom is -0.329 e. The van der Waals surface area contributed by atoms with Gasteiger partial charge in [0.05, 0.1) is 13.2 Å². The van der Waals surface area contributed by atoms with Gasteiger partial charge in [-0.15, -0.1) is 0 Å². The Hall–Kier alpha value is -0.220. The fourth-order valence-electron chi connectivity index (χ4n) is 1.70. The molecule has 2 aliphatic heterocycles. The molecule has 1 N–H and O–H groups in total. The van der Waals surface area contributed by atoms with Crippen LogP contribution in [0.3, 0.4) is 0 Å². The van der Waals surface area contributed by atoms with Gasteiger partial charge in [0.25, 0.3) is 0 Å². The van der Waals surface area contributed by atoms with Crippen molar-refractivity contribution in [3.05, 3.63) is 0 Å². The number of nitrogens with zero attached hydrogens (tertiary/aromatic N) is 1. The van der Waals surface area contributed by atoms with Gasteiger partial charge in [0, 0.05) is 6.54 Å². The second-order valence-corrected chi connectivity index (χ2v) is 4.58. The standard InChI is InChI=1S/C8H14N2OS/c11-8-3-9-6-10(8)4-7-1-2-12-5-7/h7,9H,1-6H2. The highest BCUT2D eigenvalue weighted by molar-refractivity contribution is 7.99. The molecule has 0 bridgehead atoms. The molecule has 3 nitrogen and oxygen atoms in total. The second kappa shape index (κ2) is 3.66. The molecule has 1 amide bonds. The van der Waals surface area contributed by atoms with Gasteiger partial charge in [-0.3, -0.25) is 10.1 Å². The molecule has 1 atom stereocenters. The summed E-state index contributed by atoms with van der Waals surface area (Å²) in [6, 6.07) is 0. The van der Waals surface area contributed by atoms with Crippen LogP contribution in [-0.4, -0.2) is 42.1 Å². The summed E-state index contributed by atoms with van der Waals surface area (Å²) < 4.78 is 0. The molecule has 0 spiro atoms. The molecule has 0 aromatic carbocycles. The molecule has 0 saturated carbocycles. The summed E-state index contributed by atoms with van der Waals surface area (Å²) in [7, 11) is 0. The van der Waals surface area contributed by atoms with Gasteiger partial charge >= 0.3 is 0 Å². The van der Waals surface area contributed by atoms with Gasteiger partial charge in [-0.05, 0) is 23.8 Å². The summed E-state index contributed by atoms with van der Waals surface area (Å²) in [5.74, 6) is 3.54. The molecule has 2 rings (SSSR count). The van der Waals surface area contributed by atoms with E-state index in [1.807, 2.05) is 16.7 Å². The van der Waals surface area contributed by atoms with Gasteiger partial charge in [0.15, 0.2) is 0 Å². The van der Waals surface area contributed by atoms with Gasteiger partial charge < -0.3 is 4.90 Å². The molecule has 0 aromatic rings. The molecule has 68 valence electrons. The Kier molecular flexibility index (Phi) is 2.56. The molecule has 2 heterocycles. The third-order valence-corrected chi connectivity index (χ3v) is 3.67. The van der Waals surface area contributed by atoms with Crippen molar-refractivity contribution in [3.63, 3.8) is 0 Å². The van der Waals surface area contributed by atoms with E-state index in [1.54, 1.807) is 0 Å². The van der Waals surface area contributed by atoms with Crippen LogP contribution in [0.25, 0.3) is 0 Å². The minimum atomic E-state index is 0.270. The number of hydrogen-bond donors (Lipinski definition) is 1. The number of hydrogen-bond acceptors (Lipinski definition) is 3. The highest BCUT2D eigenvalue weighted by Gasteiger charge is 2.24. The van der Waals surface area contributed by atoms with Crippen LogP contribution >= 0.6 is 11.8 Å². The van der Waals surface area contributed by atoms with Gasteiger partial charge in [0.1, 0.15) is 0 Å². The summed E-state index contributed by atoms with van der Waals surface area (Å²) in [6.07, 6.45) is 1.29.